The minimum atomic E-state index is -3.21. The van der Waals surface area contributed by atoms with Crippen LogP contribution in [0.15, 0.2) is 6.07 Å². The number of pyridine rings is 1. The Kier molecular flexibility index (Phi) is 5.02. The van der Waals surface area contributed by atoms with Gasteiger partial charge in [-0.15, -0.1) is 0 Å². The molecule has 1 aromatic rings. The quantitative estimate of drug-likeness (QED) is 0.464. The predicted molar refractivity (Wildman–Crippen MR) is 60.9 cm³/mol. The lowest BCUT2D eigenvalue weighted by atomic mass is 10.1. The van der Waals surface area contributed by atoms with Crippen LogP contribution >= 0.6 is 0 Å². The maximum absolute atomic E-state index is 12.8. The highest BCUT2D eigenvalue weighted by molar-refractivity contribution is 5.72. The first kappa shape index (κ1) is 15.4. The van der Waals surface area contributed by atoms with Crippen molar-refractivity contribution in [3.05, 3.63) is 33.1 Å². The van der Waals surface area contributed by atoms with Crippen LogP contribution in [0.4, 0.5) is 14.5 Å². The van der Waals surface area contributed by atoms with E-state index in [2.05, 4.69) is 9.72 Å². The maximum atomic E-state index is 12.8. The highest BCUT2D eigenvalue weighted by Gasteiger charge is 2.28. The summed E-state index contributed by atoms with van der Waals surface area (Å²) in [6.45, 7) is 1.66. The largest absolute Gasteiger partial charge is 0.466 e. The zero-order chi connectivity index (χ0) is 15.3. The Bertz CT molecular complexity index is 584. The van der Waals surface area contributed by atoms with Gasteiger partial charge in [0.1, 0.15) is 11.6 Å². The number of nitro groups is 1. The molecular weight excluding hydrogens is 276 g/mol. The first-order chi connectivity index (χ1) is 9.40. The van der Waals surface area contributed by atoms with Gasteiger partial charge in [-0.1, -0.05) is 0 Å². The van der Waals surface area contributed by atoms with E-state index >= 15 is 0 Å². The zero-order valence-electron chi connectivity index (χ0n) is 10.3. The molecule has 0 amide bonds. The lowest BCUT2D eigenvalue weighted by Gasteiger charge is -2.06. The van der Waals surface area contributed by atoms with Gasteiger partial charge in [0, 0.05) is 6.07 Å². The molecule has 0 saturated carbocycles. The predicted octanol–water partition coefficient (Wildman–Crippen LogP) is 1.90. The molecule has 0 N–H and O–H groups in total. The third-order valence-corrected chi connectivity index (χ3v) is 2.24. The smallest absolute Gasteiger partial charge is 0.311 e. The summed E-state index contributed by atoms with van der Waals surface area (Å²) in [5, 5.41) is 19.5. The topological polar surface area (TPSA) is 106 Å². The van der Waals surface area contributed by atoms with Crippen LogP contribution in [0.5, 0.6) is 0 Å². The van der Waals surface area contributed by atoms with Crippen LogP contribution in [0.3, 0.4) is 0 Å². The van der Waals surface area contributed by atoms with Crippen LogP contribution in [0.1, 0.15) is 30.3 Å². The second-order valence-electron chi connectivity index (χ2n) is 3.55. The number of esters is 1. The lowest BCUT2D eigenvalue weighted by molar-refractivity contribution is -0.386. The highest BCUT2D eigenvalue weighted by Crippen LogP contribution is 2.31. The summed E-state index contributed by atoms with van der Waals surface area (Å²) < 4.78 is 30.1. The summed E-state index contributed by atoms with van der Waals surface area (Å²) in [6.07, 6.45) is -3.65. The summed E-state index contributed by atoms with van der Waals surface area (Å²) in [4.78, 5) is 24.5. The minimum absolute atomic E-state index is 0.0984. The van der Waals surface area contributed by atoms with E-state index in [0.29, 0.717) is 0 Å². The fourth-order valence-corrected chi connectivity index (χ4v) is 1.49. The molecule has 0 unspecified atom stereocenters. The Balaban J connectivity index is 3.31. The van der Waals surface area contributed by atoms with Gasteiger partial charge < -0.3 is 4.74 Å². The van der Waals surface area contributed by atoms with Gasteiger partial charge in [-0.3, -0.25) is 14.9 Å². The molecule has 0 bridgehead atoms. The van der Waals surface area contributed by atoms with E-state index in [0.717, 1.165) is 6.07 Å². The molecule has 9 heteroatoms. The minimum Gasteiger partial charge on any atom is -0.466 e. The Morgan fingerprint density at radius 1 is 1.65 bits per heavy atom. The molecule has 1 aromatic heterocycles. The number of rotatable bonds is 5. The molecule has 1 heterocycles. The molecule has 0 aromatic carbocycles. The van der Waals surface area contributed by atoms with Crippen molar-refractivity contribution < 1.29 is 23.2 Å². The van der Waals surface area contributed by atoms with Crippen molar-refractivity contribution in [2.24, 2.45) is 0 Å². The molecule has 0 saturated heterocycles. The number of halogens is 2. The van der Waals surface area contributed by atoms with Crippen molar-refractivity contribution in [2.45, 2.75) is 19.8 Å². The van der Waals surface area contributed by atoms with Crippen molar-refractivity contribution >= 4 is 11.7 Å². The van der Waals surface area contributed by atoms with Crippen LogP contribution in [-0.4, -0.2) is 22.5 Å². The average molecular weight is 285 g/mol. The Hall–Kier alpha value is -2.63. The van der Waals surface area contributed by atoms with Crippen LogP contribution in [0.2, 0.25) is 0 Å². The number of nitrogens with zero attached hydrogens (tertiary/aromatic N) is 3. The van der Waals surface area contributed by atoms with Gasteiger partial charge in [0.2, 0.25) is 0 Å². The van der Waals surface area contributed by atoms with Gasteiger partial charge in [-0.25, -0.2) is 13.8 Å². The molecule has 20 heavy (non-hydrogen) atoms. The van der Waals surface area contributed by atoms with Crippen LogP contribution < -0.4 is 0 Å². The molecule has 0 fully saturated rings. The molecule has 0 atom stereocenters. The van der Waals surface area contributed by atoms with Crippen LogP contribution in [0.25, 0.3) is 0 Å². The second-order valence-corrected chi connectivity index (χ2v) is 3.55. The summed E-state index contributed by atoms with van der Waals surface area (Å²) in [5.41, 5.74) is -2.93. The van der Waals surface area contributed by atoms with Gasteiger partial charge in [-0.05, 0) is 6.92 Å². The summed E-state index contributed by atoms with van der Waals surface area (Å²) in [5.74, 6) is -0.719. The van der Waals surface area contributed by atoms with E-state index in [1.165, 1.54) is 6.07 Å². The molecule has 7 nitrogen and oxygen atoms in total. The van der Waals surface area contributed by atoms with Gasteiger partial charge >= 0.3 is 5.97 Å². The molecule has 0 aliphatic rings. The Morgan fingerprint density at radius 3 is 2.75 bits per heavy atom. The molecule has 0 aliphatic heterocycles. The number of ether oxygens (including phenoxy) is 1. The van der Waals surface area contributed by atoms with Gasteiger partial charge in [0.05, 0.1) is 23.6 Å². The SMILES string of the molecule is CCOC(=O)Cc1cc([N+](=O)[O-])c(C(F)F)c(C#N)n1. The van der Waals surface area contributed by atoms with Crippen LogP contribution in [0, 0.1) is 21.4 Å². The maximum Gasteiger partial charge on any atom is 0.311 e. The molecule has 0 radical (unpaired) electrons. The average Bonchev–Trinajstić information content (AvgIpc) is 2.37. The van der Waals surface area contributed by atoms with Crippen molar-refractivity contribution in [3.63, 3.8) is 0 Å². The van der Waals surface area contributed by atoms with Crippen molar-refractivity contribution in [2.75, 3.05) is 6.61 Å². The number of carbonyl (C=O) groups is 1. The molecule has 1 rings (SSSR count). The second kappa shape index (κ2) is 6.51. The third-order valence-electron chi connectivity index (χ3n) is 2.24. The van der Waals surface area contributed by atoms with Crippen LogP contribution in [-0.2, 0) is 16.0 Å². The van der Waals surface area contributed by atoms with Gasteiger partial charge in [-0.2, -0.15) is 5.26 Å². The van der Waals surface area contributed by atoms with E-state index in [-0.39, 0.29) is 12.3 Å². The number of aromatic nitrogens is 1. The molecule has 0 spiro atoms. The summed E-state index contributed by atoms with van der Waals surface area (Å²) in [6, 6.07) is 2.12. The molecule has 106 valence electrons. The van der Waals surface area contributed by atoms with Crippen molar-refractivity contribution in [1.82, 2.24) is 4.98 Å². The number of alkyl halides is 2. The molecular formula is C11H9F2N3O4. The normalized spacial score (nSPS) is 10.2. The Morgan fingerprint density at radius 2 is 2.30 bits per heavy atom. The Labute approximate surface area is 111 Å². The number of hydrogen-bond acceptors (Lipinski definition) is 6. The first-order valence-electron chi connectivity index (χ1n) is 5.42. The lowest BCUT2D eigenvalue weighted by Crippen LogP contribution is -2.11. The zero-order valence-corrected chi connectivity index (χ0v) is 10.3. The fraction of sp³-hybridized carbons (Fsp3) is 0.364. The van der Waals surface area contributed by atoms with Gasteiger partial charge in [0.25, 0.3) is 12.1 Å². The van der Waals surface area contributed by atoms with E-state index < -0.39 is 40.7 Å². The van der Waals surface area contributed by atoms with E-state index in [1.54, 1.807) is 6.92 Å². The van der Waals surface area contributed by atoms with Crippen molar-refractivity contribution in [3.8, 4) is 6.07 Å². The monoisotopic (exact) mass is 285 g/mol. The van der Waals surface area contributed by atoms with E-state index in [4.69, 9.17) is 5.26 Å². The van der Waals surface area contributed by atoms with Crippen molar-refractivity contribution in [1.29, 1.82) is 5.26 Å². The standard InChI is InChI=1S/C11H9F2N3O4/c1-2-20-9(17)4-6-3-8(16(18)19)10(11(12)13)7(5-14)15-6/h3,11H,2,4H2,1H3. The number of nitriles is 1. The third kappa shape index (κ3) is 3.44. The summed E-state index contributed by atoms with van der Waals surface area (Å²) in [7, 11) is 0. The van der Waals surface area contributed by atoms with E-state index in [1.807, 2.05) is 0 Å². The summed E-state index contributed by atoms with van der Waals surface area (Å²) >= 11 is 0. The highest BCUT2D eigenvalue weighted by atomic mass is 19.3. The first-order valence-corrected chi connectivity index (χ1v) is 5.42. The number of hydrogen-bond donors (Lipinski definition) is 0. The van der Waals surface area contributed by atoms with Gasteiger partial charge in [0.15, 0.2) is 5.69 Å². The fourth-order valence-electron chi connectivity index (χ4n) is 1.49. The van der Waals surface area contributed by atoms with E-state index in [9.17, 15) is 23.7 Å². The molecule has 0 aliphatic carbocycles. The number of carbonyl (C=O) groups excluding carboxylic acids is 1.